The van der Waals surface area contributed by atoms with E-state index >= 15 is 0 Å². The third-order valence-electron chi connectivity index (χ3n) is 5.11. The number of amides is 1. The molecule has 23 heavy (non-hydrogen) atoms. The number of carbonyl (C=O) groups is 1. The van der Waals surface area contributed by atoms with Gasteiger partial charge in [0.15, 0.2) is 0 Å². The number of rotatable bonds is 5. The molecule has 126 valence electrons. The van der Waals surface area contributed by atoms with E-state index in [1.165, 1.54) is 18.4 Å². The number of ether oxygens (including phenoxy) is 1. The van der Waals surface area contributed by atoms with Gasteiger partial charge in [-0.2, -0.15) is 0 Å². The van der Waals surface area contributed by atoms with Crippen LogP contribution in [0.4, 0.5) is 4.79 Å². The molecule has 1 aliphatic carbocycles. The lowest BCUT2D eigenvalue weighted by molar-refractivity contribution is 0.0119. The molecule has 1 saturated carbocycles. The van der Waals surface area contributed by atoms with Gasteiger partial charge in [-0.05, 0) is 50.1 Å². The summed E-state index contributed by atoms with van der Waals surface area (Å²) >= 11 is 0. The molecule has 1 aromatic carbocycles. The third kappa shape index (κ3) is 4.45. The molecule has 0 radical (unpaired) electrons. The fourth-order valence-corrected chi connectivity index (χ4v) is 3.80. The molecule has 3 N–H and O–H groups in total. The highest BCUT2D eigenvalue weighted by Gasteiger charge is 2.30. The quantitative estimate of drug-likeness (QED) is 0.781. The minimum Gasteiger partial charge on any atom is -0.465 e. The standard InChI is InChI=1S/C18H26N2O3/c21-18(22)20-16-10-11-19-17(16)12-23-15-8-6-14(7-9-15)13-4-2-1-3-5-13/h1-5,14-17,19-20H,6-12H2,(H,21,22)/t14-,15+,16-,17-/m0/s1. The van der Waals surface area contributed by atoms with Crippen LogP contribution in [0.1, 0.15) is 43.6 Å². The average molecular weight is 318 g/mol. The Bertz CT molecular complexity index is 500. The molecule has 0 bridgehead atoms. The lowest BCUT2D eigenvalue weighted by Crippen LogP contribution is -2.46. The van der Waals surface area contributed by atoms with Crippen molar-refractivity contribution in [2.24, 2.45) is 0 Å². The van der Waals surface area contributed by atoms with Gasteiger partial charge in [0.1, 0.15) is 0 Å². The summed E-state index contributed by atoms with van der Waals surface area (Å²) in [5.41, 5.74) is 1.44. The molecule has 1 amide bonds. The number of hydrogen-bond acceptors (Lipinski definition) is 3. The first-order valence-electron chi connectivity index (χ1n) is 8.62. The van der Waals surface area contributed by atoms with Gasteiger partial charge in [-0.25, -0.2) is 4.79 Å². The Morgan fingerprint density at radius 3 is 2.61 bits per heavy atom. The van der Waals surface area contributed by atoms with Gasteiger partial charge in [-0.1, -0.05) is 30.3 Å². The SMILES string of the molecule is O=C(O)N[C@H]1CCN[C@H]1CO[C@H]1CC[C@@H](c2ccccc2)CC1. The highest BCUT2D eigenvalue weighted by atomic mass is 16.5. The Hall–Kier alpha value is -1.59. The first-order valence-corrected chi connectivity index (χ1v) is 8.62. The summed E-state index contributed by atoms with van der Waals surface area (Å²) < 4.78 is 6.07. The number of benzene rings is 1. The van der Waals surface area contributed by atoms with Crippen molar-refractivity contribution in [1.29, 1.82) is 0 Å². The van der Waals surface area contributed by atoms with Crippen molar-refractivity contribution < 1.29 is 14.6 Å². The molecule has 1 heterocycles. The Kier molecular flexibility index (Phi) is 5.51. The largest absolute Gasteiger partial charge is 0.465 e. The fourth-order valence-electron chi connectivity index (χ4n) is 3.80. The van der Waals surface area contributed by atoms with E-state index in [-0.39, 0.29) is 12.1 Å². The van der Waals surface area contributed by atoms with Crippen LogP contribution >= 0.6 is 0 Å². The van der Waals surface area contributed by atoms with Crippen molar-refractivity contribution in [3.05, 3.63) is 35.9 Å². The summed E-state index contributed by atoms with van der Waals surface area (Å²) in [5, 5.41) is 14.8. The zero-order valence-electron chi connectivity index (χ0n) is 13.4. The molecule has 0 spiro atoms. The second-order valence-electron chi connectivity index (χ2n) is 6.62. The molecule has 5 nitrogen and oxygen atoms in total. The molecular weight excluding hydrogens is 292 g/mol. The molecular formula is C18H26N2O3. The minimum atomic E-state index is -0.952. The van der Waals surface area contributed by atoms with Crippen molar-refractivity contribution >= 4 is 6.09 Å². The Morgan fingerprint density at radius 2 is 1.91 bits per heavy atom. The van der Waals surface area contributed by atoms with Crippen LogP contribution in [0, 0.1) is 0 Å². The maximum atomic E-state index is 10.8. The van der Waals surface area contributed by atoms with Crippen LogP contribution in [0.3, 0.4) is 0 Å². The topological polar surface area (TPSA) is 70.6 Å². The maximum Gasteiger partial charge on any atom is 0.404 e. The van der Waals surface area contributed by atoms with Crippen LogP contribution in [0.15, 0.2) is 30.3 Å². The molecule has 1 saturated heterocycles. The van der Waals surface area contributed by atoms with Crippen molar-refractivity contribution in [3.63, 3.8) is 0 Å². The molecule has 1 aliphatic heterocycles. The second-order valence-corrected chi connectivity index (χ2v) is 6.62. The summed E-state index contributed by atoms with van der Waals surface area (Å²) in [6.45, 7) is 1.44. The van der Waals surface area contributed by atoms with E-state index in [2.05, 4.69) is 41.0 Å². The summed E-state index contributed by atoms with van der Waals surface area (Å²) in [5.74, 6) is 0.655. The van der Waals surface area contributed by atoms with Gasteiger partial charge in [-0.3, -0.25) is 0 Å². The molecule has 2 fully saturated rings. The van der Waals surface area contributed by atoms with E-state index in [0.29, 0.717) is 18.6 Å². The first kappa shape index (κ1) is 16.3. The minimum absolute atomic E-state index is 0.0341. The van der Waals surface area contributed by atoms with Gasteiger partial charge in [0.2, 0.25) is 0 Å². The zero-order chi connectivity index (χ0) is 16.1. The molecule has 3 rings (SSSR count). The third-order valence-corrected chi connectivity index (χ3v) is 5.11. The summed E-state index contributed by atoms with van der Waals surface area (Å²) in [7, 11) is 0. The van der Waals surface area contributed by atoms with E-state index in [4.69, 9.17) is 9.84 Å². The van der Waals surface area contributed by atoms with Gasteiger partial charge >= 0.3 is 6.09 Å². The lowest BCUT2D eigenvalue weighted by atomic mass is 9.83. The van der Waals surface area contributed by atoms with E-state index in [9.17, 15) is 4.79 Å². The molecule has 2 atom stereocenters. The first-order chi connectivity index (χ1) is 11.2. The zero-order valence-corrected chi connectivity index (χ0v) is 13.4. The van der Waals surface area contributed by atoms with Crippen molar-refractivity contribution in [2.75, 3.05) is 13.2 Å². The number of carboxylic acid groups (broad SMARTS) is 1. The molecule has 5 heteroatoms. The molecule has 2 aliphatic rings. The van der Waals surface area contributed by atoms with Crippen LogP contribution in [0.5, 0.6) is 0 Å². The Morgan fingerprint density at radius 1 is 1.17 bits per heavy atom. The predicted molar refractivity (Wildman–Crippen MR) is 88.7 cm³/mol. The maximum absolute atomic E-state index is 10.8. The van der Waals surface area contributed by atoms with Crippen LogP contribution < -0.4 is 10.6 Å². The van der Waals surface area contributed by atoms with E-state index in [1.54, 1.807) is 0 Å². The van der Waals surface area contributed by atoms with Crippen molar-refractivity contribution in [2.45, 2.75) is 56.2 Å². The fraction of sp³-hybridized carbons (Fsp3) is 0.611. The highest BCUT2D eigenvalue weighted by molar-refractivity contribution is 5.65. The van der Waals surface area contributed by atoms with Crippen LogP contribution in [-0.4, -0.2) is 42.5 Å². The number of hydrogen-bond donors (Lipinski definition) is 3. The van der Waals surface area contributed by atoms with Gasteiger partial charge < -0.3 is 20.5 Å². The lowest BCUT2D eigenvalue weighted by Gasteiger charge is -2.30. The van der Waals surface area contributed by atoms with Gasteiger partial charge in [-0.15, -0.1) is 0 Å². The summed E-state index contributed by atoms with van der Waals surface area (Å²) in [4.78, 5) is 10.8. The van der Waals surface area contributed by atoms with E-state index in [1.807, 2.05) is 0 Å². The number of nitrogens with one attached hydrogen (secondary N) is 2. The molecule has 0 aromatic heterocycles. The summed E-state index contributed by atoms with van der Waals surface area (Å²) in [6.07, 6.45) is 4.70. The Balaban J connectivity index is 1.41. The second kappa shape index (κ2) is 7.79. The van der Waals surface area contributed by atoms with Crippen molar-refractivity contribution in [1.82, 2.24) is 10.6 Å². The van der Waals surface area contributed by atoms with Gasteiger partial charge in [0, 0.05) is 0 Å². The Labute approximate surface area is 137 Å². The van der Waals surface area contributed by atoms with E-state index < -0.39 is 6.09 Å². The summed E-state index contributed by atoms with van der Waals surface area (Å²) in [6, 6.07) is 10.8. The van der Waals surface area contributed by atoms with Crippen molar-refractivity contribution in [3.8, 4) is 0 Å². The smallest absolute Gasteiger partial charge is 0.404 e. The normalized spacial score (nSPS) is 31.0. The predicted octanol–water partition coefficient (Wildman–Crippen LogP) is 2.73. The van der Waals surface area contributed by atoms with E-state index in [0.717, 1.165) is 25.8 Å². The monoisotopic (exact) mass is 318 g/mol. The molecule has 0 unspecified atom stereocenters. The highest BCUT2D eigenvalue weighted by Crippen LogP contribution is 2.33. The molecule has 1 aromatic rings. The van der Waals surface area contributed by atoms with Crippen LogP contribution in [0.25, 0.3) is 0 Å². The van der Waals surface area contributed by atoms with Gasteiger partial charge in [0.05, 0.1) is 24.8 Å². The van der Waals surface area contributed by atoms with Crippen LogP contribution in [-0.2, 0) is 4.74 Å². The van der Waals surface area contributed by atoms with Gasteiger partial charge in [0.25, 0.3) is 0 Å². The average Bonchev–Trinajstić information content (AvgIpc) is 3.00. The van der Waals surface area contributed by atoms with Crippen LogP contribution in [0.2, 0.25) is 0 Å².